The minimum absolute atomic E-state index is 0.177. The molecule has 182 valence electrons. The van der Waals surface area contributed by atoms with Crippen molar-refractivity contribution >= 4 is 40.1 Å². The van der Waals surface area contributed by atoms with Crippen molar-refractivity contribution in [2.45, 2.75) is 6.92 Å². The molecule has 2 aromatic carbocycles. The number of rotatable bonds is 10. The van der Waals surface area contributed by atoms with Gasteiger partial charge in [-0.15, -0.1) is 11.3 Å². The molecule has 9 nitrogen and oxygen atoms in total. The molecule has 0 aliphatic rings. The molecule has 1 aromatic heterocycles. The zero-order valence-corrected chi connectivity index (χ0v) is 20.0. The number of ether oxygens (including phenoxy) is 3. The summed E-state index contributed by atoms with van der Waals surface area (Å²) in [5.74, 6) is -1.86. The normalized spacial score (nSPS) is 10.2. The molecule has 3 rings (SSSR count). The summed E-state index contributed by atoms with van der Waals surface area (Å²) in [6.07, 6.45) is 0. The Morgan fingerprint density at radius 1 is 0.943 bits per heavy atom. The first-order valence-corrected chi connectivity index (χ1v) is 11.5. The van der Waals surface area contributed by atoms with E-state index in [1.165, 1.54) is 7.11 Å². The summed E-state index contributed by atoms with van der Waals surface area (Å²) in [5.41, 5.74) is 2.00. The Balaban J connectivity index is 1.56. The lowest BCUT2D eigenvalue weighted by Gasteiger charge is -2.10. The Labute approximate surface area is 206 Å². The van der Waals surface area contributed by atoms with E-state index in [4.69, 9.17) is 14.2 Å². The summed E-state index contributed by atoms with van der Waals surface area (Å²) in [5, 5.41) is 7.06. The van der Waals surface area contributed by atoms with Gasteiger partial charge in [-0.05, 0) is 36.8 Å². The Bertz CT molecular complexity index is 1190. The Kier molecular flexibility index (Phi) is 8.96. The van der Waals surface area contributed by atoms with Crippen LogP contribution in [0.15, 0.2) is 60.0 Å². The van der Waals surface area contributed by atoms with Gasteiger partial charge in [-0.3, -0.25) is 14.4 Å². The van der Waals surface area contributed by atoms with Crippen LogP contribution in [0.5, 0.6) is 5.75 Å². The molecule has 0 unspecified atom stereocenters. The second-order valence-corrected chi connectivity index (χ2v) is 7.94. The molecule has 10 heteroatoms. The third-order valence-electron chi connectivity index (χ3n) is 4.72. The van der Waals surface area contributed by atoms with Crippen molar-refractivity contribution in [1.82, 2.24) is 5.32 Å². The maximum absolute atomic E-state index is 12.6. The minimum atomic E-state index is -0.788. The van der Waals surface area contributed by atoms with Crippen LogP contribution in [0.25, 0.3) is 11.1 Å². The average Bonchev–Trinajstić information content (AvgIpc) is 3.30. The van der Waals surface area contributed by atoms with Gasteiger partial charge in [0, 0.05) is 16.5 Å². The van der Waals surface area contributed by atoms with E-state index in [1.807, 2.05) is 30.3 Å². The summed E-state index contributed by atoms with van der Waals surface area (Å²) in [7, 11) is 1.51. The van der Waals surface area contributed by atoms with Crippen LogP contribution in [-0.4, -0.2) is 50.6 Å². The first kappa shape index (κ1) is 25.4. The first-order chi connectivity index (χ1) is 16.9. The number of amides is 2. The summed E-state index contributed by atoms with van der Waals surface area (Å²) in [6, 6.07) is 15.6. The fourth-order valence-electron chi connectivity index (χ4n) is 3.04. The first-order valence-electron chi connectivity index (χ1n) is 10.6. The van der Waals surface area contributed by atoms with E-state index < -0.39 is 36.9 Å². The van der Waals surface area contributed by atoms with E-state index in [2.05, 4.69) is 10.6 Å². The molecule has 2 N–H and O–H groups in total. The van der Waals surface area contributed by atoms with Crippen LogP contribution in [-0.2, 0) is 19.1 Å². The molecule has 0 fully saturated rings. The van der Waals surface area contributed by atoms with Crippen LogP contribution < -0.4 is 15.4 Å². The molecule has 2 amide bonds. The quantitative estimate of drug-likeness (QED) is 0.412. The molecule has 0 bridgehead atoms. The number of benzene rings is 2. The lowest BCUT2D eigenvalue weighted by atomic mass is 10.0. The standard InChI is InChI=1S/C25H24N2O7S/c1-3-33-25(31)22-19(16-7-5-4-6-8-16)15-35-24(22)27-20(28)14-34-21(29)13-26-23(30)17-9-11-18(32-2)12-10-17/h4-12,15H,3,13-14H2,1-2H3,(H,26,30)(H,27,28). The average molecular weight is 497 g/mol. The number of thiophene rings is 1. The third-order valence-corrected chi connectivity index (χ3v) is 5.61. The second-order valence-electron chi connectivity index (χ2n) is 7.06. The fraction of sp³-hybridized carbons (Fsp3) is 0.200. The predicted molar refractivity (Wildman–Crippen MR) is 131 cm³/mol. The lowest BCUT2D eigenvalue weighted by molar-refractivity contribution is -0.146. The molecule has 0 saturated carbocycles. The lowest BCUT2D eigenvalue weighted by Crippen LogP contribution is -2.32. The van der Waals surface area contributed by atoms with Gasteiger partial charge in [-0.1, -0.05) is 30.3 Å². The van der Waals surface area contributed by atoms with Crippen molar-refractivity contribution in [2.24, 2.45) is 0 Å². The fourth-order valence-corrected chi connectivity index (χ4v) is 4.02. The Morgan fingerprint density at radius 2 is 1.66 bits per heavy atom. The highest BCUT2D eigenvalue weighted by atomic mass is 32.1. The number of esters is 2. The highest BCUT2D eigenvalue weighted by molar-refractivity contribution is 7.15. The van der Waals surface area contributed by atoms with Crippen molar-refractivity contribution in [3.8, 4) is 16.9 Å². The van der Waals surface area contributed by atoms with E-state index in [0.29, 0.717) is 16.9 Å². The minimum Gasteiger partial charge on any atom is -0.497 e. The van der Waals surface area contributed by atoms with Crippen molar-refractivity contribution in [1.29, 1.82) is 0 Å². The van der Waals surface area contributed by atoms with Crippen LogP contribution in [0, 0.1) is 0 Å². The van der Waals surface area contributed by atoms with Gasteiger partial charge in [-0.25, -0.2) is 4.79 Å². The monoisotopic (exact) mass is 496 g/mol. The summed E-state index contributed by atoms with van der Waals surface area (Å²) in [4.78, 5) is 49.1. The SMILES string of the molecule is CCOC(=O)c1c(-c2ccccc2)csc1NC(=O)COC(=O)CNC(=O)c1ccc(OC)cc1. The molecule has 0 atom stereocenters. The molecule has 0 radical (unpaired) electrons. The summed E-state index contributed by atoms with van der Waals surface area (Å²) >= 11 is 1.16. The highest BCUT2D eigenvalue weighted by Gasteiger charge is 2.23. The van der Waals surface area contributed by atoms with Crippen LogP contribution in [0.3, 0.4) is 0 Å². The van der Waals surface area contributed by atoms with Crippen LogP contribution in [0.4, 0.5) is 5.00 Å². The van der Waals surface area contributed by atoms with Crippen LogP contribution in [0.2, 0.25) is 0 Å². The van der Waals surface area contributed by atoms with E-state index in [9.17, 15) is 19.2 Å². The van der Waals surface area contributed by atoms with E-state index in [1.54, 1.807) is 36.6 Å². The molecule has 0 aliphatic heterocycles. The number of anilines is 1. The number of hydrogen-bond acceptors (Lipinski definition) is 8. The molecule has 0 spiro atoms. The summed E-state index contributed by atoms with van der Waals surface area (Å²) in [6.45, 7) is 0.870. The van der Waals surface area contributed by atoms with Gasteiger partial charge in [0.15, 0.2) is 6.61 Å². The number of methoxy groups -OCH3 is 1. The smallest absolute Gasteiger partial charge is 0.341 e. The third kappa shape index (κ3) is 6.90. The zero-order valence-electron chi connectivity index (χ0n) is 19.2. The van der Waals surface area contributed by atoms with Gasteiger partial charge in [-0.2, -0.15) is 0 Å². The molecular formula is C25H24N2O7S. The number of hydrogen-bond donors (Lipinski definition) is 2. The molecule has 1 heterocycles. The van der Waals surface area contributed by atoms with Gasteiger partial charge in [0.1, 0.15) is 22.9 Å². The Hall–Kier alpha value is -4.18. The predicted octanol–water partition coefficient (Wildman–Crippen LogP) is 3.51. The molecule has 3 aromatic rings. The van der Waals surface area contributed by atoms with Gasteiger partial charge in [0.25, 0.3) is 11.8 Å². The van der Waals surface area contributed by atoms with Crippen LogP contribution >= 0.6 is 11.3 Å². The van der Waals surface area contributed by atoms with Gasteiger partial charge < -0.3 is 24.8 Å². The zero-order chi connectivity index (χ0) is 25.2. The van der Waals surface area contributed by atoms with Crippen molar-refractivity contribution in [3.05, 3.63) is 71.1 Å². The topological polar surface area (TPSA) is 120 Å². The van der Waals surface area contributed by atoms with E-state index >= 15 is 0 Å². The van der Waals surface area contributed by atoms with Gasteiger partial charge >= 0.3 is 11.9 Å². The summed E-state index contributed by atoms with van der Waals surface area (Å²) < 4.78 is 15.1. The van der Waals surface area contributed by atoms with Crippen molar-refractivity contribution in [3.63, 3.8) is 0 Å². The largest absolute Gasteiger partial charge is 0.497 e. The van der Waals surface area contributed by atoms with E-state index in [-0.39, 0.29) is 17.2 Å². The van der Waals surface area contributed by atoms with Crippen LogP contribution in [0.1, 0.15) is 27.6 Å². The Morgan fingerprint density at radius 3 is 2.31 bits per heavy atom. The maximum atomic E-state index is 12.6. The van der Waals surface area contributed by atoms with Crippen molar-refractivity contribution < 1.29 is 33.4 Å². The van der Waals surface area contributed by atoms with E-state index in [0.717, 1.165) is 16.9 Å². The maximum Gasteiger partial charge on any atom is 0.341 e. The second kappa shape index (κ2) is 12.3. The number of carbonyl (C=O) groups is 4. The molecular weight excluding hydrogens is 472 g/mol. The highest BCUT2D eigenvalue weighted by Crippen LogP contribution is 2.36. The van der Waals surface area contributed by atoms with Crippen molar-refractivity contribution in [2.75, 3.05) is 32.2 Å². The van der Waals surface area contributed by atoms with Gasteiger partial charge in [0.2, 0.25) is 0 Å². The molecule has 35 heavy (non-hydrogen) atoms. The molecule has 0 aliphatic carbocycles. The van der Waals surface area contributed by atoms with Gasteiger partial charge in [0.05, 0.1) is 13.7 Å². The molecule has 0 saturated heterocycles. The number of nitrogens with one attached hydrogen (secondary N) is 2. The number of carbonyl (C=O) groups excluding carboxylic acids is 4.